The zero-order chi connectivity index (χ0) is 13.7. The van der Waals surface area contributed by atoms with E-state index in [2.05, 4.69) is 18.3 Å². The Hall–Kier alpha value is -1.05. The molecule has 0 bridgehead atoms. The minimum absolute atomic E-state index is 0.196. The molecule has 2 rings (SSSR count). The highest BCUT2D eigenvalue weighted by Gasteiger charge is 2.39. The molecule has 4 heteroatoms. The van der Waals surface area contributed by atoms with Crippen LogP contribution in [-0.2, 0) is 0 Å². The quantitative estimate of drug-likeness (QED) is 0.891. The van der Waals surface area contributed by atoms with Crippen LogP contribution in [0.5, 0.6) is 0 Å². The van der Waals surface area contributed by atoms with E-state index < -0.39 is 0 Å². The summed E-state index contributed by atoms with van der Waals surface area (Å²) < 4.78 is 13.1. The predicted molar refractivity (Wildman–Crippen MR) is 76.5 cm³/mol. The Morgan fingerprint density at radius 1 is 1.58 bits per heavy atom. The lowest BCUT2D eigenvalue weighted by atomic mass is 10.00. The van der Waals surface area contributed by atoms with Gasteiger partial charge in [0.15, 0.2) is 0 Å². The number of thioether (sulfide) groups is 1. The molecule has 0 aliphatic heterocycles. The molecule has 1 saturated carbocycles. The van der Waals surface area contributed by atoms with Crippen molar-refractivity contribution in [3.05, 3.63) is 30.1 Å². The van der Waals surface area contributed by atoms with Gasteiger partial charge in [-0.15, -0.1) is 11.8 Å². The van der Waals surface area contributed by atoms with E-state index in [0.29, 0.717) is 5.25 Å². The van der Waals surface area contributed by atoms with E-state index in [-0.39, 0.29) is 11.4 Å². The average Bonchev–Trinajstić information content (AvgIpc) is 2.80. The van der Waals surface area contributed by atoms with Crippen LogP contribution in [0.3, 0.4) is 0 Å². The third-order valence-electron chi connectivity index (χ3n) is 3.50. The maximum absolute atomic E-state index is 13.1. The lowest BCUT2D eigenvalue weighted by molar-refractivity contribution is 0.424. The molecular formula is C15H19FN2S. The van der Waals surface area contributed by atoms with Crippen LogP contribution in [-0.4, -0.2) is 17.3 Å². The molecular weight excluding hydrogens is 259 g/mol. The predicted octanol–water partition coefficient (Wildman–Crippen LogP) is 3.73. The molecule has 1 aromatic rings. The van der Waals surface area contributed by atoms with Gasteiger partial charge in [0, 0.05) is 10.1 Å². The first-order valence-corrected chi connectivity index (χ1v) is 7.64. The van der Waals surface area contributed by atoms with Crippen LogP contribution < -0.4 is 5.32 Å². The van der Waals surface area contributed by atoms with E-state index in [1.807, 2.05) is 6.07 Å². The average molecular weight is 278 g/mol. The maximum Gasteiger partial charge on any atom is 0.124 e. The maximum atomic E-state index is 13.1. The summed E-state index contributed by atoms with van der Waals surface area (Å²) in [6.07, 6.45) is 3.76. The molecule has 1 aliphatic rings. The summed E-state index contributed by atoms with van der Waals surface area (Å²) in [6.45, 7) is 2.98. The molecule has 2 unspecified atom stereocenters. The Labute approximate surface area is 118 Å². The van der Waals surface area contributed by atoms with Gasteiger partial charge in [0.05, 0.1) is 6.07 Å². The fourth-order valence-electron chi connectivity index (χ4n) is 2.50. The number of nitrogens with zero attached hydrogens (tertiary/aromatic N) is 1. The van der Waals surface area contributed by atoms with Gasteiger partial charge in [-0.25, -0.2) is 4.39 Å². The first kappa shape index (κ1) is 14.4. The summed E-state index contributed by atoms with van der Waals surface area (Å²) in [5.74, 6) is -0.196. The smallest absolute Gasteiger partial charge is 0.124 e. The normalized spacial score (nSPS) is 26.3. The number of nitrogens with one attached hydrogen (secondary N) is 1. The standard InChI is InChI=1S/C15H19FN2S/c1-2-8-18-15(11-17)7-6-14(10-15)19-13-5-3-4-12(16)9-13/h3-5,9,14,18H,2,6-8,10H2,1H3. The molecule has 0 amide bonds. The van der Waals surface area contributed by atoms with E-state index in [1.165, 1.54) is 6.07 Å². The van der Waals surface area contributed by atoms with Crippen LogP contribution in [0, 0.1) is 17.1 Å². The van der Waals surface area contributed by atoms with E-state index in [4.69, 9.17) is 0 Å². The minimum atomic E-state index is -0.374. The molecule has 2 atom stereocenters. The molecule has 1 aromatic carbocycles. The number of hydrogen-bond donors (Lipinski definition) is 1. The first-order valence-electron chi connectivity index (χ1n) is 6.76. The van der Waals surface area contributed by atoms with Crippen LogP contribution in [0.15, 0.2) is 29.2 Å². The van der Waals surface area contributed by atoms with Gasteiger partial charge >= 0.3 is 0 Å². The molecule has 1 N–H and O–H groups in total. The summed E-state index contributed by atoms with van der Waals surface area (Å²) in [5, 5.41) is 13.2. The minimum Gasteiger partial charge on any atom is -0.299 e. The van der Waals surface area contributed by atoms with Crippen LogP contribution in [0.4, 0.5) is 4.39 Å². The SMILES string of the molecule is CCCNC1(C#N)CCC(Sc2cccc(F)c2)C1. The summed E-state index contributed by atoms with van der Waals surface area (Å²) in [4.78, 5) is 0.953. The Kier molecular flexibility index (Phi) is 4.84. The zero-order valence-electron chi connectivity index (χ0n) is 11.2. The van der Waals surface area contributed by atoms with Crippen molar-refractivity contribution in [3.8, 4) is 6.07 Å². The second-order valence-electron chi connectivity index (χ2n) is 5.06. The van der Waals surface area contributed by atoms with Crippen molar-refractivity contribution in [2.75, 3.05) is 6.54 Å². The summed E-state index contributed by atoms with van der Waals surface area (Å²) in [6, 6.07) is 9.13. The molecule has 0 saturated heterocycles. The van der Waals surface area contributed by atoms with Crippen LogP contribution >= 0.6 is 11.8 Å². The van der Waals surface area contributed by atoms with Gasteiger partial charge in [-0.05, 0) is 50.4 Å². The van der Waals surface area contributed by atoms with E-state index in [9.17, 15) is 9.65 Å². The third kappa shape index (κ3) is 3.71. The largest absolute Gasteiger partial charge is 0.299 e. The van der Waals surface area contributed by atoms with E-state index >= 15 is 0 Å². The van der Waals surface area contributed by atoms with Crippen molar-refractivity contribution >= 4 is 11.8 Å². The Morgan fingerprint density at radius 2 is 2.42 bits per heavy atom. The molecule has 1 aliphatic carbocycles. The van der Waals surface area contributed by atoms with Gasteiger partial charge in [0.1, 0.15) is 11.4 Å². The van der Waals surface area contributed by atoms with Gasteiger partial charge in [-0.1, -0.05) is 13.0 Å². The second kappa shape index (κ2) is 6.40. The molecule has 102 valence electrons. The van der Waals surface area contributed by atoms with Crippen LogP contribution in [0.25, 0.3) is 0 Å². The zero-order valence-corrected chi connectivity index (χ0v) is 12.0. The molecule has 19 heavy (non-hydrogen) atoms. The van der Waals surface area contributed by atoms with Gasteiger partial charge in [0.25, 0.3) is 0 Å². The monoisotopic (exact) mass is 278 g/mol. The summed E-state index contributed by atoms with van der Waals surface area (Å²) in [7, 11) is 0. The molecule has 0 radical (unpaired) electrons. The number of nitriles is 1. The number of rotatable bonds is 5. The molecule has 0 heterocycles. The molecule has 1 fully saturated rings. The van der Waals surface area contributed by atoms with Gasteiger partial charge in [0.2, 0.25) is 0 Å². The van der Waals surface area contributed by atoms with Crippen LogP contribution in [0.1, 0.15) is 32.6 Å². The van der Waals surface area contributed by atoms with Gasteiger partial charge < -0.3 is 0 Å². The van der Waals surface area contributed by atoms with Crippen molar-refractivity contribution in [3.63, 3.8) is 0 Å². The van der Waals surface area contributed by atoms with Gasteiger partial charge in [-0.3, -0.25) is 5.32 Å². The summed E-state index contributed by atoms with van der Waals surface area (Å²) >= 11 is 1.69. The highest BCUT2D eigenvalue weighted by molar-refractivity contribution is 8.00. The Balaban J connectivity index is 1.96. The topological polar surface area (TPSA) is 35.8 Å². The van der Waals surface area contributed by atoms with Crippen molar-refractivity contribution in [1.29, 1.82) is 5.26 Å². The Bertz CT molecular complexity index is 471. The second-order valence-corrected chi connectivity index (χ2v) is 6.43. The highest BCUT2D eigenvalue weighted by atomic mass is 32.2. The van der Waals surface area contributed by atoms with Crippen molar-refractivity contribution < 1.29 is 4.39 Å². The van der Waals surface area contributed by atoms with Crippen molar-refractivity contribution in [2.45, 2.75) is 48.3 Å². The van der Waals surface area contributed by atoms with Crippen molar-refractivity contribution in [2.24, 2.45) is 0 Å². The molecule has 0 spiro atoms. The summed E-state index contributed by atoms with van der Waals surface area (Å²) in [5.41, 5.74) is -0.374. The number of halogens is 1. The Morgan fingerprint density at radius 3 is 3.11 bits per heavy atom. The van der Waals surface area contributed by atoms with E-state index in [0.717, 1.165) is 37.1 Å². The molecule has 2 nitrogen and oxygen atoms in total. The van der Waals surface area contributed by atoms with Crippen molar-refractivity contribution in [1.82, 2.24) is 5.32 Å². The third-order valence-corrected chi connectivity index (χ3v) is 4.76. The lowest BCUT2D eigenvalue weighted by Crippen LogP contribution is -2.42. The fourth-order valence-corrected chi connectivity index (χ4v) is 3.83. The number of benzene rings is 1. The fraction of sp³-hybridized carbons (Fsp3) is 0.533. The number of hydrogen-bond acceptors (Lipinski definition) is 3. The van der Waals surface area contributed by atoms with Crippen LogP contribution in [0.2, 0.25) is 0 Å². The highest BCUT2D eigenvalue weighted by Crippen LogP contribution is 2.40. The van der Waals surface area contributed by atoms with E-state index in [1.54, 1.807) is 23.9 Å². The lowest BCUT2D eigenvalue weighted by Gasteiger charge is -2.22. The first-order chi connectivity index (χ1) is 9.17. The van der Waals surface area contributed by atoms with Gasteiger partial charge in [-0.2, -0.15) is 5.26 Å². The molecule has 0 aromatic heterocycles.